The predicted molar refractivity (Wildman–Crippen MR) is 96.7 cm³/mol. The van der Waals surface area contributed by atoms with Gasteiger partial charge in [0.15, 0.2) is 0 Å². The monoisotopic (exact) mass is 409 g/mol. The topological polar surface area (TPSA) is 106 Å². The number of ketones is 1. The van der Waals surface area contributed by atoms with Gasteiger partial charge in [-0.2, -0.15) is 28.1 Å². The molecule has 3 rings (SSSR count). The standard InChI is InChI=1S/C18H18F3N5O3/c1-29-17-24-14(12-7-2-3-8-13(12)27)23-15(26-17)25-16(28)22-11-6-4-5-10(9-11)18(19,20)21/h4-6,9,12H,2-3,7-8H2,1H3,(H2,22,23,24,25,26,28). The molecule has 1 fully saturated rings. The second-order valence-corrected chi connectivity index (χ2v) is 6.43. The number of rotatable bonds is 4. The van der Waals surface area contributed by atoms with E-state index in [0.29, 0.717) is 12.8 Å². The van der Waals surface area contributed by atoms with Crippen molar-refractivity contribution in [2.45, 2.75) is 37.8 Å². The Bertz CT molecular complexity index is 920. The van der Waals surface area contributed by atoms with Crippen molar-refractivity contribution in [1.82, 2.24) is 15.0 Å². The van der Waals surface area contributed by atoms with Gasteiger partial charge in [-0.25, -0.2) is 4.79 Å². The number of ether oxygens (including phenoxy) is 1. The van der Waals surface area contributed by atoms with E-state index in [-0.39, 0.29) is 29.3 Å². The lowest BCUT2D eigenvalue weighted by atomic mass is 9.87. The number of nitrogens with one attached hydrogen (secondary N) is 2. The number of hydrogen-bond donors (Lipinski definition) is 2. The average molecular weight is 409 g/mol. The van der Waals surface area contributed by atoms with Crippen LogP contribution in [0.4, 0.5) is 29.6 Å². The van der Waals surface area contributed by atoms with Gasteiger partial charge in [0.1, 0.15) is 11.6 Å². The van der Waals surface area contributed by atoms with Gasteiger partial charge in [0, 0.05) is 12.1 Å². The smallest absolute Gasteiger partial charge is 0.416 e. The summed E-state index contributed by atoms with van der Waals surface area (Å²) in [5, 5.41) is 4.62. The Morgan fingerprint density at radius 1 is 1.17 bits per heavy atom. The van der Waals surface area contributed by atoms with Crippen LogP contribution in [0.5, 0.6) is 6.01 Å². The van der Waals surface area contributed by atoms with E-state index in [2.05, 4.69) is 25.6 Å². The molecular formula is C18H18F3N5O3. The van der Waals surface area contributed by atoms with E-state index in [1.165, 1.54) is 19.2 Å². The summed E-state index contributed by atoms with van der Waals surface area (Å²) in [5.74, 6) is -0.484. The maximum absolute atomic E-state index is 12.8. The number of Topliss-reactive ketones (excluding diaryl/α,β-unsaturated/α-hetero) is 1. The third-order valence-electron chi connectivity index (χ3n) is 4.35. The van der Waals surface area contributed by atoms with Crippen molar-refractivity contribution in [2.75, 3.05) is 17.7 Å². The molecule has 0 spiro atoms. The highest BCUT2D eigenvalue weighted by Crippen LogP contribution is 2.31. The fourth-order valence-electron chi connectivity index (χ4n) is 2.97. The largest absolute Gasteiger partial charge is 0.467 e. The molecule has 2 N–H and O–H groups in total. The van der Waals surface area contributed by atoms with E-state index in [0.717, 1.165) is 25.0 Å². The highest BCUT2D eigenvalue weighted by Gasteiger charge is 2.31. The summed E-state index contributed by atoms with van der Waals surface area (Å²) in [6.07, 6.45) is -1.86. The van der Waals surface area contributed by atoms with Gasteiger partial charge in [-0.05, 0) is 31.0 Å². The number of anilines is 2. The number of aromatic nitrogens is 3. The Morgan fingerprint density at radius 3 is 2.66 bits per heavy atom. The Hall–Kier alpha value is -3.24. The van der Waals surface area contributed by atoms with Gasteiger partial charge in [0.2, 0.25) is 5.95 Å². The van der Waals surface area contributed by atoms with Crippen molar-refractivity contribution in [1.29, 1.82) is 0 Å². The Kier molecular flexibility index (Phi) is 5.95. The van der Waals surface area contributed by atoms with Crippen molar-refractivity contribution in [2.24, 2.45) is 0 Å². The maximum Gasteiger partial charge on any atom is 0.416 e. The molecule has 1 heterocycles. The zero-order chi connectivity index (χ0) is 21.0. The van der Waals surface area contributed by atoms with Gasteiger partial charge in [-0.3, -0.25) is 10.1 Å². The Balaban J connectivity index is 1.76. The SMILES string of the molecule is COc1nc(NC(=O)Nc2cccc(C(F)(F)F)c2)nc(C2CCCCC2=O)n1. The molecule has 1 unspecified atom stereocenters. The molecular weight excluding hydrogens is 391 g/mol. The zero-order valence-corrected chi connectivity index (χ0v) is 15.4. The highest BCUT2D eigenvalue weighted by atomic mass is 19.4. The van der Waals surface area contributed by atoms with E-state index in [1.54, 1.807) is 0 Å². The summed E-state index contributed by atoms with van der Waals surface area (Å²) in [4.78, 5) is 36.4. The molecule has 0 aliphatic heterocycles. The molecule has 1 aliphatic carbocycles. The minimum Gasteiger partial charge on any atom is -0.467 e. The Morgan fingerprint density at radius 2 is 1.97 bits per heavy atom. The summed E-state index contributed by atoms with van der Waals surface area (Å²) < 4.78 is 43.4. The molecule has 29 heavy (non-hydrogen) atoms. The molecule has 1 aromatic heterocycles. The fourth-order valence-corrected chi connectivity index (χ4v) is 2.97. The highest BCUT2D eigenvalue weighted by molar-refractivity contribution is 5.98. The van der Waals surface area contributed by atoms with Crippen molar-refractivity contribution < 1.29 is 27.5 Å². The van der Waals surface area contributed by atoms with E-state index >= 15 is 0 Å². The van der Waals surface area contributed by atoms with Crippen LogP contribution in [-0.2, 0) is 11.0 Å². The van der Waals surface area contributed by atoms with E-state index in [4.69, 9.17) is 4.74 Å². The minimum atomic E-state index is -4.53. The predicted octanol–water partition coefficient (Wildman–Crippen LogP) is 3.77. The molecule has 2 amide bonds. The van der Waals surface area contributed by atoms with Crippen LogP contribution in [-0.4, -0.2) is 33.9 Å². The van der Waals surface area contributed by atoms with E-state index < -0.39 is 23.7 Å². The lowest BCUT2D eigenvalue weighted by molar-refractivity contribution is -0.137. The molecule has 0 bridgehead atoms. The minimum absolute atomic E-state index is 0.00358. The molecule has 11 heteroatoms. The van der Waals surface area contributed by atoms with Crippen LogP contribution < -0.4 is 15.4 Å². The number of alkyl halides is 3. The molecule has 154 valence electrons. The van der Waals surface area contributed by atoms with Gasteiger partial charge >= 0.3 is 18.2 Å². The number of carbonyl (C=O) groups excluding carboxylic acids is 2. The maximum atomic E-state index is 12.8. The van der Waals surface area contributed by atoms with Crippen LogP contribution in [0.1, 0.15) is 43.0 Å². The summed E-state index contributed by atoms with van der Waals surface area (Å²) in [6.45, 7) is 0. The van der Waals surface area contributed by atoms with Crippen molar-refractivity contribution >= 4 is 23.5 Å². The first-order valence-electron chi connectivity index (χ1n) is 8.84. The molecule has 1 saturated carbocycles. The van der Waals surface area contributed by atoms with Gasteiger partial charge in [-0.15, -0.1) is 0 Å². The first-order valence-corrected chi connectivity index (χ1v) is 8.84. The number of nitrogens with zero attached hydrogens (tertiary/aromatic N) is 3. The molecule has 2 aromatic rings. The third-order valence-corrected chi connectivity index (χ3v) is 4.35. The number of halogens is 3. The molecule has 0 radical (unpaired) electrons. The van der Waals surface area contributed by atoms with E-state index in [1.807, 2.05) is 0 Å². The molecule has 1 aliphatic rings. The van der Waals surface area contributed by atoms with Crippen LogP contribution in [0.15, 0.2) is 24.3 Å². The number of methoxy groups -OCH3 is 1. The van der Waals surface area contributed by atoms with Gasteiger partial charge in [-0.1, -0.05) is 12.5 Å². The van der Waals surface area contributed by atoms with Gasteiger partial charge in [0.05, 0.1) is 18.6 Å². The number of urea groups is 1. The molecule has 0 saturated heterocycles. The van der Waals surface area contributed by atoms with Gasteiger partial charge in [0.25, 0.3) is 0 Å². The quantitative estimate of drug-likeness (QED) is 0.796. The van der Waals surface area contributed by atoms with Crippen molar-refractivity contribution in [3.05, 3.63) is 35.7 Å². The number of carbonyl (C=O) groups is 2. The first-order chi connectivity index (χ1) is 13.8. The van der Waals surface area contributed by atoms with Gasteiger partial charge < -0.3 is 10.1 Å². The van der Waals surface area contributed by atoms with Crippen LogP contribution in [0.25, 0.3) is 0 Å². The Labute approximate surface area is 163 Å². The third kappa shape index (κ3) is 5.18. The second-order valence-electron chi connectivity index (χ2n) is 6.43. The lowest BCUT2D eigenvalue weighted by Gasteiger charge is -2.19. The average Bonchev–Trinajstić information content (AvgIpc) is 2.67. The summed E-state index contributed by atoms with van der Waals surface area (Å²) in [7, 11) is 1.33. The lowest BCUT2D eigenvalue weighted by Crippen LogP contribution is -2.24. The number of benzene rings is 1. The first kappa shape index (κ1) is 20.5. The summed E-state index contributed by atoms with van der Waals surface area (Å²) in [6, 6.07) is 3.26. The van der Waals surface area contributed by atoms with E-state index in [9.17, 15) is 22.8 Å². The fraction of sp³-hybridized carbons (Fsp3) is 0.389. The molecule has 1 atom stereocenters. The summed E-state index contributed by atoms with van der Waals surface area (Å²) >= 11 is 0. The van der Waals surface area contributed by atoms with Crippen LogP contribution >= 0.6 is 0 Å². The molecule has 8 nitrogen and oxygen atoms in total. The van der Waals surface area contributed by atoms with Crippen LogP contribution in [0.2, 0.25) is 0 Å². The molecule has 1 aromatic carbocycles. The van der Waals surface area contributed by atoms with Crippen LogP contribution in [0.3, 0.4) is 0 Å². The second kappa shape index (κ2) is 8.41. The van der Waals surface area contributed by atoms with Crippen molar-refractivity contribution in [3.63, 3.8) is 0 Å². The van der Waals surface area contributed by atoms with Crippen molar-refractivity contribution in [3.8, 4) is 6.01 Å². The number of amides is 2. The normalized spacial score (nSPS) is 17.0. The van der Waals surface area contributed by atoms with Crippen LogP contribution in [0, 0.1) is 0 Å². The number of hydrogen-bond acceptors (Lipinski definition) is 6. The zero-order valence-electron chi connectivity index (χ0n) is 15.4. The summed E-state index contributed by atoms with van der Waals surface area (Å²) in [5.41, 5.74) is -0.948.